The summed E-state index contributed by atoms with van der Waals surface area (Å²) in [4.78, 5) is 7.30. The van der Waals surface area contributed by atoms with Gasteiger partial charge in [-0.2, -0.15) is 0 Å². The van der Waals surface area contributed by atoms with Gasteiger partial charge in [0.25, 0.3) is 0 Å². The number of nitrogens with one attached hydrogen (secondary N) is 1. The summed E-state index contributed by atoms with van der Waals surface area (Å²) in [7, 11) is 0. The van der Waals surface area contributed by atoms with Gasteiger partial charge in [-0.3, -0.25) is 9.88 Å². The number of ether oxygens (including phenoxy) is 1. The van der Waals surface area contributed by atoms with Gasteiger partial charge in [-0.25, -0.2) is 0 Å². The number of rotatable bonds is 5. The number of benzene rings is 2. The van der Waals surface area contributed by atoms with Gasteiger partial charge in [0.2, 0.25) is 0 Å². The van der Waals surface area contributed by atoms with E-state index in [-0.39, 0.29) is 6.04 Å². The second kappa shape index (κ2) is 8.51. The van der Waals surface area contributed by atoms with E-state index in [9.17, 15) is 0 Å². The molecule has 1 aliphatic rings. The lowest BCUT2D eigenvalue weighted by atomic mass is 9.96. The predicted octanol–water partition coefficient (Wildman–Crippen LogP) is 4.02. The number of pyridine rings is 1. The van der Waals surface area contributed by atoms with Crippen LogP contribution in [0.5, 0.6) is 5.75 Å². The minimum absolute atomic E-state index is 0.143. The Morgan fingerprint density at radius 1 is 1.07 bits per heavy atom. The van der Waals surface area contributed by atoms with Gasteiger partial charge < -0.3 is 10.1 Å². The van der Waals surface area contributed by atoms with Crippen LogP contribution in [0, 0.1) is 0 Å². The highest BCUT2D eigenvalue weighted by atomic mass is 16.5. The lowest BCUT2D eigenvalue weighted by Gasteiger charge is -2.32. The van der Waals surface area contributed by atoms with E-state index < -0.39 is 0 Å². The molecule has 0 aliphatic carbocycles. The Hall–Kier alpha value is -2.43. The number of aromatic nitrogens is 1. The molecule has 4 nitrogen and oxygen atoms in total. The highest BCUT2D eigenvalue weighted by molar-refractivity contribution is 5.79. The summed E-state index contributed by atoms with van der Waals surface area (Å²) in [6.45, 7) is 6.87. The molecule has 0 radical (unpaired) electrons. The fourth-order valence-corrected chi connectivity index (χ4v) is 3.94. The monoisotopic (exact) mass is 361 g/mol. The minimum atomic E-state index is 0.143. The van der Waals surface area contributed by atoms with Crippen LogP contribution >= 0.6 is 0 Å². The van der Waals surface area contributed by atoms with Crippen molar-refractivity contribution in [3.63, 3.8) is 0 Å². The quantitative estimate of drug-likeness (QED) is 0.745. The van der Waals surface area contributed by atoms with Crippen LogP contribution in [0.25, 0.3) is 10.9 Å². The van der Waals surface area contributed by atoms with E-state index in [1.807, 2.05) is 25.3 Å². The Morgan fingerprint density at radius 2 is 1.93 bits per heavy atom. The molecule has 1 saturated heterocycles. The lowest BCUT2D eigenvalue weighted by Crippen LogP contribution is -2.33. The molecule has 1 fully saturated rings. The normalized spacial score (nSPS) is 16.8. The van der Waals surface area contributed by atoms with Crippen LogP contribution in [-0.2, 0) is 0 Å². The summed E-state index contributed by atoms with van der Waals surface area (Å²) in [5, 5.41) is 4.70. The van der Waals surface area contributed by atoms with Crippen LogP contribution in [0.1, 0.15) is 30.5 Å². The molecule has 27 heavy (non-hydrogen) atoms. The summed E-state index contributed by atoms with van der Waals surface area (Å²) in [6, 6.07) is 19.2. The zero-order valence-corrected chi connectivity index (χ0v) is 15.9. The van der Waals surface area contributed by atoms with Crippen LogP contribution in [0.4, 0.5) is 0 Å². The number of para-hydroxylation sites is 2. The van der Waals surface area contributed by atoms with E-state index in [0.29, 0.717) is 6.61 Å². The van der Waals surface area contributed by atoms with E-state index in [0.717, 1.165) is 43.9 Å². The smallest absolute Gasteiger partial charge is 0.124 e. The molecule has 1 unspecified atom stereocenters. The summed E-state index contributed by atoms with van der Waals surface area (Å²) in [5.74, 6) is 0.968. The highest BCUT2D eigenvalue weighted by Crippen LogP contribution is 2.35. The van der Waals surface area contributed by atoms with Gasteiger partial charge in [0, 0.05) is 36.8 Å². The second-order valence-corrected chi connectivity index (χ2v) is 6.97. The third-order valence-corrected chi connectivity index (χ3v) is 5.18. The molecule has 0 bridgehead atoms. The van der Waals surface area contributed by atoms with Crippen LogP contribution in [0.3, 0.4) is 0 Å². The third-order valence-electron chi connectivity index (χ3n) is 5.18. The molecule has 0 saturated carbocycles. The van der Waals surface area contributed by atoms with E-state index >= 15 is 0 Å². The van der Waals surface area contributed by atoms with Gasteiger partial charge in [0.05, 0.1) is 18.2 Å². The summed E-state index contributed by atoms with van der Waals surface area (Å²) in [6.07, 6.45) is 3.18. The van der Waals surface area contributed by atoms with E-state index in [2.05, 4.69) is 52.7 Å². The van der Waals surface area contributed by atoms with Crippen LogP contribution in [-0.4, -0.2) is 42.7 Å². The molecule has 2 aromatic carbocycles. The largest absolute Gasteiger partial charge is 0.494 e. The van der Waals surface area contributed by atoms with Gasteiger partial charge in [-0.15, -0.1) is 0 Å². The average Bonchev–Trinajstić information content (AvgIpc) is 2.99. The molecule has 1 atom stereocenters. The summed E-state index contributed by atoms with van der Waals surface area (Å²) >= 11 is 0. The fourth-order valence-electron chi connectivity index (χ4n) is 3.94. The van der Waals surface area contributed by atoms with Gasteiger partial charge in [0.15, 0.2) is 0 Å². The van der Waals surface area contributed by atoms with Crippen molar-refractivity contribution in [2.45, 2.75) is 19.4 Å². The molecule has 1 aromatic heterocycles. The Bertz CT molecular complexity index is 887. The van der Waals surface area contributed by atoms with E-state index in [4.69, 9.17) is 9.72 Å². The molecule has 0 amide bonds. The van der Waals surface area contributed by atoms with Gasteiger partial charge in [0.1, 0.15) is 5.75 Å². The third kappa shape index (κ3) is 3.97. The standard InChI is InChI=1S/C23H27N3O/c1-2-27-22-11-6-4-9-20(22)23(26-14-7-12-24-13-15-26)19-16-18-8-3-5-10-21(18)25-17-19/h3-6,8-11,16-17,23-24H,2,7,12-15H2,1H3. The maximum absolute atomic E-state index is 5.99. The van der Waals surface area contributed by atoms with Gasteiger partial charge in [-0.05, 0) is 43.7 Å². The Morgan fingerprint density at radius 3 is 2.85 bits per heavy atom. The van der Waals surface area contributed by atoms with Crippen molar-refractivity contribution in [1.29, 1.82) is 0 Å². The molecule has 3 aromatic rings. The molecule has 1 aliphatic heterocycles. The zero-order valence-electron chi connectivity index (χ0n) is 15.9. The lowest BCUT2D eigenvalue weighted by molar-refractivity contribution is 0.233. The molecular weight excluding hydrogens is 334 g/mol. The molecule has 140 valence electrons. The first-order valence-electron chi connectivity index (χ1n) is 9.88. The first kappa shape index (κ1) is 18.0. The topological polar surface area (TPSA) is 37.4 Å². The summed E-state index contributed by atoms with van der Waals surface area (Å²) < 4.78 is 5.99. The van der Waals surface area contributed by atoms with Crippen LogP contribution in [0.2, 0.25) is 0 Å². The van der Waals surface area contributed by atoms with E-state index in [1.165, 1.54) is 16.5 Å². The van der Waals surface area contributed by atoms with Crippen molar-refractivity contribution >= 4 is 10.9 Å². The predicted molar refractivity (Wildman–Crippen MR) is 110 cm³/mol. The van der Waals surface area contributed by atoms with Crippen molar-refractivity contribution in [2.24, 2.45) is 0 Å². The SMILES string of the molecule is CCOc1ccccc1C(c1cnc2ccccc2c1)N1CCCNCC1. The van der Waals surface area contributed by atoms with Crippen molar-refractivity contribution < 1.29 is 4.74 Å². The second-order valence-electron chi connectivity index (χ2n) is 6.97. The molecule has 1 N–H and O–H groups in total. The zero-order chi connectivity index (χ0) is 18.5. The number of hydrogen-bond acceptors (Lipinski definition) is 4. The number of nitrogens with zero attached hydrogens (tertiary/aromatic N) is 2. The van der Waals surface area contributed by atoms with Crippen LogP contribution < -0.4 is 10.1 Å². The highest BCUT2D eigenvalue weighted by Gasteiger charge is 2.26. The van der Waals surface area contributed by atoms with Crippen molar-refractivity contribution in [2.75, 3.05) is 32.8 Å². The first-order chi connectivity index (χ1) is 13.4. The van der Waals surface area contributed by atoms with Gasteiger partial charge in [-0.1, -0.05) is 36.4 Å². The molecule has 4 rings (SSSR count). The molecular formula is C23H27N3O. The number of fused-ring (bicyclic) bond motifs is 1. The van der Waals surface area contributed by atoms with Crippen molar-refractivity contribution in [3.8, 4) is 5.75 Å². The molecule has 2 heterocycles. The van der Waals surface area contributed by atoms with Crippen molar-refractivity contribution in [1.82, 2.24) is 15.2 Å². The average molecular weight is 361 g/mol. The number of hydrogen-bond donors (Lipinski definition) is 1. The van der Waals surface area contributed by atoms with Crippen LogP contribution in [0.15, 0.2) is 60.8 Å². The fraction of sp³-hybridized carbons (Fsp3) is 0.348. The molecule has 4 heteroatoms. The maximum Gasteiger partial charge on any atom is 0.124 e. The minimum Gasteiger partial charge on any atom is -0.494 e. The van der Waals surface area contributed by atoms with E-state index in [1.54, 1.807) is 0 Å². The Balaban J connectivity index is 1.82. The summed E-state index contributed by atoms with van der Waals surface area (Å²) in [5.41, 5.74) is 3.48. The Kier molecular flexibility index (Phi) is 5.66. The first-order valence-corrected chi connectivity index (χ1v) is 9.88. The Labute approximate surface area is 161 Å². The molecule has 0 spiro atoms. The maximum atomic E-state index is 5.99. The van der Waals surface area contributed by atoms with Crippen molar-refractivity contribution in [3.05, 3.63) is 71.9 Å². The van der Waals surface area contributed by atoms with Gasteiger partial charge >= 0.3 is 0 Å².